The van der Waals surface area contributed by atoms with Crippen LogP contribution >= 0.6 is 0 Å². The third-order valence-corrected chi connectivity index (χ3v) is 2.55. The van der Waals surface area contributed by atoms with E-state index in [1.54, 1.807) is 0 Å². The second-order valence-corrected chi connectivity index (χ2v) is 4.55. The highest BCUT2D eigenvalue weighted by molar-refractivity contribution is 4.64. The Morgan fingerprint density at radius 2 is 1.88 bits per heavy atom. The molecule has 0 amide bonds. The van der Waals surface area contributed by atoms with Crippen LogP contribution in [0.5, 0.6) is 0 Å². The highest BCUT2D eigenvalue weighted by atomic mass is 16.3. The fourth-order valence-electron chi connectivity index (χ4n) is 1.74. The molecule has 0 aromatic carbocycles. The van der Waals surface area contributed by atoms with Crippen molar-refractivity contribution in [2.24, 2.45) is 0 Å². The van der Waals surface area contributed by atoms with Crippen LogP contribution in [-0.4, -0.2) is 74.4 Å². The van der Waals surface area contributed by atoms with Gasteiger partial charge in [0.15, 0.2) is 0 Å². The van der Waals surface area contributed by atoms with Gasteiger partial charge in [0, 0.05) is 26.2 Å². The van der Waals surface area contributed by atoms with Crippen molar-refractivity contribution in [3.63, 3.8) is 0 Å². The van der Waals surface area contributed by atoms with E-state index in [0.29, 0.717) is 6.54 Å². The minimum atomic E-state index is -0.267. The summed E-state index contributed by atoms with van der Waals surface area (Å²) in [6.07, 6.45) is 0.938. The normalized spacial score (nSPS) is 13.7. The number of hydrogen-bond acceptors (Lipinski definition) is 4. The van der Waals surface area contributed by atoms with Crippen molar-refractivity contribution in [1.29, 1.82) is 0 Å². The van der Waals surface area contributed by atoms with Crippen LogP contribution in [0, 0.1) is 0 Å². The first-order valence-corrected chi connectivity index (χ1v) is 6.36. The number of aliphatic hydroxyl groups excluding tert-OH is 1. The Hall–Kier alpha value is -0.160. The zero-order valence-electron chi connectivity index (χ0n) is 11.4. The molecule has 0 bridgehead atoms. The summed E-state index contributed by atoms with van der Waals surface area (Å²) in [7, 11) is 3.95. The van der Waals surface area contributed by atoms with Gasteiger partial charge in [-0.15, -0.1) is 0 Å². The molecule has 98 valence electrons. The first-order chi connectivity index (χ1) is 7.60. The van der Waals surface area contributed by atoms with E-state index in [0.717, 1.165) is 26.2 Å². The summed E-state index contributed by atoms with van der Waals surface area (Å²) < 4.78 is 0. The summed E-state index contributed by atoms with van der Waals surface area (Å²) in [5.41, 5.74) is 0. The number of hydrogen-bond donors (Lipinski definition) is 2. The van der Waals surface area contributed by atoms with E-state index in [2.05, 4.69) is 24.1 Å². The first kappa shape index (κ1) is 15.8. The average molecular weight is 231 g/mol. The lowest BCUT2D eigenvalue weighted by Gasteiger charge is -2.21. The van der Waals surface area contributed by atoms with E-state index < -0.39 is 0 Å². The molecule has 4 nitrogen and oxygen atoms in total. The van der Waals surface area contributed by atoms with Crippen LogP contribution in [0.2, 0.25) is 0 Å². The van der Waals surface area contributed by atoms with Gasteiger partial charge in [-0.05, 0) is 33.6 Å². The molecule has 0 aromatic heterocycles. The molecule has 0 aliphatic rings. The maximum Gasteiger partial charge on any atom is 0.0791 e. The van der Waals surface area contributed by atoms with E-state index in [9.17, 15) is 5.11 Å². The Morgan fingerprint density at radius 1 is 1.19 bits per heavy atom. The van der Waals surface area contributed by atoms with Crippen molar-refractivity contribution < 1.29 is 5.11 Å². The Morgan fingerprint density at radius 3 is 2.38 bits per heavy atom. The number of aliphatic hydroxyl groups is 1. The van der Waals surface area contributed by atoms with E-state index in [1.165, 1.54) is 13.0 Å². The largest absolute Gasteiger partial charge is 0.390 e. The highest BCUT2D eigenvalue weighted by Gasteiger charge is 2.05. The summed E-state index contributed by atoms with van der Waals surface area (Å²) in [6.45, 7) is 10.1. The van der Waals surface area contributed by atoms with Crippen LogP contribution in [0.25, 0.3) is 0 Å². The molecule has 0 saturated carbocycles. The first-order valence-electron chi connectivity index (χ1n) is 6.36. The van der Waals surface area contributed by atoms with Crippen LogP contribution in [0.3, 0.4) is 0 Å². The van der Waals surface area contributed by atoms with Crippen molar-refractivity contribution in [2.75, 3.05) is 53.4 Å². The van der Waals surface area contributed by atoms with Gasteiger partial charge in [-0.25, -0.2) is 0 Å². The van der Waals surface area contributed by atoms with Gasteiger partial charge in [-0.1, -0.05) is 13.8 Å². The molecule has 0 rings (SSSR count). The van der Waals surface area contributed by atoms with Gasteiger partial charge in [0.2, 0.25) is 0 Å². The molecule has 0 radical (unpaired) electrons. The van der Waals surface area contributed by atoms with Crippen molar-refractivity contribution in [3.8, 4) is 0 Å². The van der Waals surface area contributed by atoms with Gasteiger partial charge in [0.25, 0.3) is 0 Å². The topological polar surface area (TPSA) is 38.7 Å². The van der Waals surface area contributed by atoms with Crippen molar-refractivity contribution in [2.45, 2.75) is 26.4 Å². The van der Waals surface area contributed by atoms with Crippen LogP contribution < -0.4 is 5.32 Å². The lowest BCUT2D eigenvalue weighted by atomic mass is 10.3. The number of nitrogens with one attached hydrogen (secondary N) is 1. The molecule has 0 aliphatic carbocycles. The summed E-state index contributed by atoms with van der Waals surface area (Å²) >= 11 is 0. The summed E-state index contributed by atoms with van der Waals surface area (Å²) in [5.74, 6) is 0. The van der Waals surface area contributed by atoms with Crippen molar-refractivity contribution in [1.82, 2.24) is 15.1 Å². The molecule has 0 aliphatic heterocycles. The minimum Gasteiger partial charge on any atom is -0.390 e. The zero-order valence-corrected chi connectivity index (χ0v) is 11.4. The molecular formula is C12H29N3O. The third kappa shape index (κ3) is 9.09. The van der Waals surface area contributed by atoms with Crippen LogP contribution in [0.15, 0.2) is 0 Å². The predicted molar refractivity (Wildman–Crippen MR) is 69.8 cm³/mol. The lowest BCUT2D eigenvalue weighted by molar-refractivity contribution is 0.133. The quantitative estimate of drug-likeness (QED) is 0.528. The second kappa shape index (κ2) is 10.0. The van der Waals surface area contributed by atoms with Gasteiger partial charge in [-0.2, -0.15) is 0 Å². The van der Waals surface area contributed by atoms with Gasteiger partial charge < -0.3 is 20.2 Å². The maximum absolute atomic E-state index is 9.63. The van der Waals surface area contributed by atoms with Crippen LogP contribution in [0.4, 0.5) is 0 Å². The fourth-order valence-corrected chi connectivity index (χ4v) is 1.74. The molecule has 4 heteroatoms. The summed E-state index contributed by atoms with van der Waals surface area (Å²) in [4.78, 5) is 4.42. The third-order valence-electron chi connectivity index (χ3n) is 2.55. The standard InChI is InChI=1S/C12H29N3O/c1-5-8-15(6-2)9-7-13-10-12(16)11-14(3)4/h12-13,16H,5-11H2,1-4H3. The van der Waals surface area contributed by atoms with Crippen LogP contribution in [0.1, 0.15) is 20.3 Å². The Balaban J connectivity index is 3.43. The fraction of sp³-hybridized carbons (Fsp3) is 1.00. The predicted octanol–water partition coefficient (Wildman–Crippen LogP) is 0.230. The monoisotopic (exact) mass is 231 g/mol. The maximum atomic E-state index is 9.63. The summed E-state index contributed by atoms with van der Waals surface area (Å²) in [6, 6.07) is 0. The molecule has 1 unspecified atom stereocenters. The van der Waals surface area contributed by atoms with Gasteiger partial charge >= 0.3 is 0 Å². The molecular weight excluding hydrogens is 202 g/mol. The molecule has 1 atom stereocenters. The second-order valence-electron chi connectivity index (χ2n) is 4.55. The molecule has 0 saturated heterocycles. The Labute approximate surface area is 101 Å². The average Bonchev–Trinajstić information content (AvgIpc) is 2.21. The summed E-state index contributed by atoms with van der Waals surface area (Å²) in [5, 5.41) is 12.9. The minimum absolute atomic E-state index is 0.267. The number of likely N-dealkylation sites (N-methyl/N-ethyl adjacent to an activating group) is 2. The van der Waals surface area contributed by atoms with Crippen molar-refractivity contribution in [3.05, 3.63) is 0 Å². The molecule has 0 fully saturated rings. The van der Waals surface area contributed by atoms with Gasteiger partial charge in [0.1, 0.15) is 0 Å². The van der Waals surface area contributed by atoms with E-state index >= 15 is 0 Å². The van der Waals surface area contributed by atoms with E-state index in [1.807, 2.05) is 19.0 Å². The molecule has 2 N–H and O–H groups in total. The van der Waals surface area contributed by atoms with E-state index in [4.69, 9.17) is 0 Å². The number of nitrogens with zero attached hydrogens (tertiary/aromatic N) is 2. The SMILES string of the molecule is CCCN(CC)CCNCC(O)CN(C)C. The Bertz CT molecular complexity index is 153. The Kier molecular flexibility index (Phi) is 9.92. The number of rotatable bonds is 10. The van der Waals surface area contributed by atoms with E-state index in [-0.39, 0.29) is 6.10 Å². The zero-order chi connectivity index (χ0) is 12.4. The lowest BCUT2D eigenvalue weighted by Crippen LogP contribution is -2.38. The molecule has 16 heavy (non-hydrogen) atoms. The van der Waals surface area contributed by atoms with Gasteiger partial charge in [-0.3, -0.25) is 0 Å². The molecule has 0 spiro atoms. The highest BCUT2D eigenvalue weighted by Crippen LogP contribution is 1.89. The van der Waals surface area contributed by atoms with Gasteiger partial charge in [0.05, 0.1) is 6.10 Å². The van der Waals surface area contributed by atoms with Crippen molar-refractivity contribution >= 4 is 0 Å². The molecule has 0 aromatic rings. The van der Waals surface area contributed by atoms with Crippen LogP contribution in [-0.2, 0) is 0 Å². The smallest absolute Gasteiger partial charge is 0.0791 e. The molecule has 0 heterocycles.